The summed E-state index contributed by atoms with van der Waals surface area (Å²) in [4.78, 5) is 32.2. The third kappa shape index (κ3) is 4.80. The normalized spacial score (nSPS) is 20.2. The summed E-state index contributed by atoms with van der Waals surface area (Å²) in [6, 6.07) is -0.652. The van der Waals surface area contributed by atoms with E-state index in [9.17, 15) is 22.8 Å². The number of carbonyl (C=O) groups is 2. The number of halogens is 3. The van der Waals surface area contributed by atoms with Crippen molar-refractivity contribution in [1.82, 2.24) is 15.0 Å². The standard InChI is InChI=1S/C21H24F3N5O4/c22-13-10-15(24)14(23)8-12(13)9-16(25)18(32-11-30)20(31)29-7-3-4-17(29)19-26-21(27-33-19)28-5-1-2-6-28/h8,10-11,16-18H,1-7,9,25H2/t16-,17+,18?/m1/s1. The summed E-state index contributed by atoms with van der Waals surface area (Å²) in [7, 11) is 0. The minimum absolute atomic E-state index is 0.0767. The second-order valence-electron chi connectivity index (χ2n) is 8.20. The van der Waals surface area contributed by atoms with Crippen molar-refractivity contribution >= 4 is 18.3 Å². The van der Waals surface area contributed by atoms with E-state index in [4.69, 9.17) is 15.0 Å². The highest BCUT2D eigenvalue weighted by Crippen LogP contribution is 2.33. The Kier molecular flexibility index (Phi) is 6.82. The number of hydrogen-bond donors (Lipinski definition) is 1. The zero-order chi connectivity index (χ0) is 23.5. The molecule has 12 heteroatoms. The van der Waals surface area contributed by atoms with Gasteiger partial charge < -0.3 is 24.8 Å². The zero-order valence-electron chi connectivity index (χ0n) is 17.8. The summed E-state index contributed by atoms with van der Waals surface area (Å²) in [5.74, 6) is -3.47. The molecule has 9 nitrogen and oxygen atoms in total. The van der Waals surface area contributed by atoms with Crippen LogP contribution in [0.4, 0.5) is 19.1 Å². The SMILES string of the molecule is N[C@H](Cc1cc(F)c(F)cc1F)C(OC=O)C(=O)N1CCC[C@H]1c1nc(N2CCCC2)no1. The molecule has 0 aliphatic carbocycles. The van der Waals surface area contributed by atoms with E-state index in [-0.39, 0.29) is 24.3 Å². The number of anilines is 1. The molecule has 1 amide bonds. The van der Waals surface area contributed by atoms with E-state index in [2.05, 4.69) is 10.1 Å². The van der Waals surface area contributed by atoms with Gasteiger partial charge in [0.25, 0.3) is 24.2 Å². The molecule has 2 aromatic rings. The molecular weight excluding hydrogens is 443 g/mol. The second kappa shape index (κ2) is 9.77. The number of benzene rings is 1. The van der Waals surface area contributed by atoms with E-state index in [0.29, 0.717) is 37.5 Å². The number of amides is 1. The molecule has 2 fully saturated rings. The molecule has 0 bridgehead atoms. The topological polar surface area (TPSA) is 115 Å². The summed E-state index contributed by atoms with van der Waals surface area (Å²) in [6.07, 6.45) is 1.48. The van der Waals surface area contributed by atoms with Crippen molar-refractivity contribution in [2.24, 2.45) is 5.73 Å². The van der Waals surface area contributed by atoms with Gasteiger partial charge in [-0.25, -0.2) is 13.2 Å². The predicted molar refractivity (Wildman–Crippen MR) is 108 cm³/mol. The van der Waals surface area contributed by atoms with E-state index in [1.54, 1.807) is 0 Å². The molecule has 1 unspecified atom stereocenters. The molecule has 2 aliphatic rings. The zero-order valence-corrected chi connectivity index (χ0v) is 17.8. The molecule has 0 saturated carbocycles. The summed E-state index contributed by atoms with van der Waals surface area (Å²) in [5.41, 5.74) is 5.82. The van der Waals surface area contributed by atoms with E-state index >= 15 is 0 Å². The third-order valence-corrected chi connectivity index (χ3v) is 6.02. The molecular formula is C21H24F3N5O4. The molecule has 4 rings (SSSR count). The molecule has 0 spiro atoms. The van der Waals surface area contributed by atoms with Gasteiger partial charge in [0, 0.05) is 25.7 Å². The van der Waals surface area contributed by atoms with Crippen LogP contribution in [0.2, 0.25) is 0 Å². The fourth-order valence-corrected chi connectivity index (χ4v) is 4.34. The maximum atomic E-state index is 14.1. The van der Waals surface area contributed by atoms with Crippen LogP contribution in [0.5, 0.6) is 0 Å². The Labute approximate surface area is 187 Å². The quantitative estimate of drug-likeness (QED) is 0.462. The molecule has 3 heterocycles. The number of nitrogens with two attached hydrogens (primary N) is 1. The van der Waals surface area contributed by atoms with Gasteiger partial charge in [-0.15, -0.1) is 0 Å². The van der Waals surface area contributed by atoms with Crippen LogP contribution in [0.3, 0.4) is 0 Å². The maximum absolute atomic E-state index is 14.1. The number of likely N-dealkylation sites (tertiary alicyclic amines) is 1. The highest BCUT2D eigenvalue weighted by molar-refractivity contribution is 5.83. The maximum Gasteiger partial charge on any atom is 0.293 e. The number of aromatic nitrogens is 2. The number of hydrogen-bond acceptors (Lipinski definition) is 8. The highest BCUT2D eigenvalue weighted by Gasteiger charge is 2.40. The average Bonchev–Trinajstić information content (AvgIpc) is 3.55. The Bertz CT molecular complexity index is 1010. The fraction of sp³-hybridized carbons (Fsp3) is 0.524. The van der Waals surface area contributed by atoms with Gasteiger partial charge >= 0.3 is 0 Å². The van der Waals surface area contributed by atoms with E-state index in [1.807, 2.05) is 4.90 Å². The largest absolute Gasteiger partial charge is 0.453 e. The second-order valence-corrected chi connectivity index (χ2v) is 8.20. The van der Waals surface area contributed by atoms with Gasteiger partial charge in [0.2, 0.25) is 0 Å². The Hall–Kier alpha value is -3.15. The van der Waals surface area contributed by atoms with Crippen LogP contribution in [0.15, 0.2) is 16.7 Å². The first-order chi connectivity index (χ1) is 15.9. The molecule has 3 atom stereocenters. The highest BCUT2D eigenvalue weighted by atomic mass is 19.2. The van der Waals surface area contributed by atoms with Crippen molar-refractivity contribution in [1.29, 1.82) is 0 Å². The van der Waals surface area contributed by atoms with Gasteiger partial charge in [-0.1, -0.05) is 0 Å². The molecule has 2 aliphatic heterocycles. The molecule has 33 heavy (non-hydrogen) atoms. The monoisotopic (exact) mass is 467 g/mol. The summed E-state index contributed by atoms with van der Waals surface area (Å²) in [5, 5.41) is 4.02. The lowest BCUT2D eigenvalue weighted by atomic mass is 10.00. The number of ether oxygens (including phenoxy) is 1. The van der Waals surface area contributed by atoms with Crippen LogP contribution in [-0.2, 0) is 20.7 Å². The molecule has 1 aromatic heterocycles. The van der Waals surface area contributed by atoms with Crippen LogP contribution < -0.4 is 10.6 Å². The Morgan fingerprint density at radius 3 is 2.64 bits per heavy atom. The smallest absolute Gasteiger partial charge is 0.293 e. The van der Waals surface area contributed by atoms with Crippen molar-refractivity contribution in [3.8, 4) is 0 Å². The lowest BCUT2D eigenvalue weighted by molar-refractivity contribution is -0.154. The lowest BCUT2D eigenvalue weighted by Crippen LogP contribution is -2.50. The fourth-order valence-electron chi connectivity index (χ4n) is 4.34. The minimum Gasteiger partial charge on any atom is -0.453 e. The predicted octanol–water partition coefficient (Wildman–Crippen LogP) is 1.86. The Balaban J connectivity index is 1.50. The Morgan fingerprint density at radius 1 is 1.18 bits per heavy atom. The lowest BCUT2D eigenvalue weighted by Gasteiger charge is -2.29. The summed E-state index contributed by atoms with van der Waals surface area (Å²) < 4.78 is 51.2. The van der Waals surface area contributed by atoms with Gasteiger partial charge in [-0.3, -0.25) is 9.59 Å². The first-order valence-corrected chi connectivity index (χ1v) is 10.8. The Morgan fingerprint density at radius 2 is 1.91 bits per heavy atom. The van der Waals surface area contributed by atoms with Crippen LogP contribution in [0, 0.1) is 17.5 Å². The third-order valence-electron chi connectivity index (χ3n) is 6.02. The number of carbonyl (C=O) groups excluding carboxylic acids is 2. The first kappa shape index (κ1) is 23.0. The molecule has 2 N–H and O–H groups in total. The van der Waals surface area contributed by atoms with Crippen molar-refractivity contribution in [3.05, 3.63) is 41.0 Å². The van der Waals surface area contributed by atoms with E-state index < -0.39 is 41.5 Å². The van der Waals surface area contributed by atoms with Gasteiger partial charge in [0.15, 0.2) is 17.7 Å². The van der Waals surface area contributed by atoms with Gasteiger partial charge in [0.05, 0.1) is 6.04 Å². The van der Waals surface area contributed by atoms with Crippen LogP contribution in [-0.4, -0.2) is 59.2 Å². The summed E-state index contributed by atoms with van der Waals surface area (Å²) in [6.45, 7) is 2.08. The number of nitrogens with zero attached hydrogens (tertiary/aromatic N) is 4. The van der Waals surface area contributed by atoms with E-state index in [1.165, 1.54) is 4.90 Å². The van der Waals surface area contributed by atoms with Gasteiger partial charge in [-0.05, 0) is 48.9 Å². The first-order valence-electron chi connectivity index (χ1n) is 10.8. The van der Waals surface area contributed by atoms with E-state index in [0.717, 1.165) is 25.9 Å². The summed E-state index contributed by atoms with van der Waals surface area (Å²) >= 11 is 0. The van der Waals surface area contributed by atoms with Crippen molar-refractivity contribution < 1.29 is 32.0 Å². The van der Waals surface area contributed by atoms with Crippen LogP contribution >= 0.6 is 0 Å². The van der Waals surface area contributed by atoms with Crippen molar-refractivity contribution in [2.45, 2.75) is 50.3 Å². The van der Waals surface area contributed by atoms with Gasteiger partial charge in [0.1, 0.15) is 11.9 Å². The van der Waals surface area contributed by atoms with Crippen LogP contribution in [0.1, 0.15) is 43.2 Å². The number of rotatable bonds is 8. The molecule has 1 aromatic carbocycles. The minimum atomic E-state index is -1.46. The molecule has 178 valence electrons. The van der Waals surface area contributed by atoms with Gasteiger partial charge in [-0.2, -0.15) is 4.98 Å². The van der Waals surface area contributed by atoms with Crippen molar-refractivity contribution in [3.63, 3.8) is 0 Å². The van der Waals surface area contributed by atoms with Crippen LogP contribution in [0.25, 0.3) is 0 Å². The molecule has 0 radical (unpaired) electrons. The van der Waals surface area contributed by atoms with Crippen molar-refractivity contribution in [2.75, 3.05) is 24.5 Å². The molecule has 2 saturated heterocycles. The average molecular weight is 467 g/mol.